The van der Waals surface area contributed by atoms with Gasteiger partial charge in [-0.2, -0.15) is 5.10 Å². The molecule has 2 spiro atoms. The van der Waals surface area contributed by atoms with E-state index in [1.165, 1.54) is 35.8 Å². The molecule has 2 unspecified atom stereocenters. The molecule has 30 heavy (non-hydrogen) atoms. The first-order valence-electron chi connectivity index (χ1n) is 10.2. The summed E-state index contributed by atoms with van der Waals surface area (Å²) in [4.78, 5) is 11.9. The summed E-state index contributed by atoms with van der Waals surface area (Å²) in [7, 11) is 0. The highest BCUT2D eigenvalue weighted by atomic mass is 32.2. The van der Waals surface area contributed by atoms with Crippen LogP contribution in [0, 0.1) is 0 Å². The van der Waals surface area contributed by atoms with Crippen LogP contribution in [0.4, 0.5) is 8.78 Å². The van der Waals surface area contributed by atoms with Crippen molar-refractivity contribution in [1.82, 2.24) is 10.3 Å². The van der Waals surface area contributed by atoms with Crippen molar-refractivity contribution >= 4 is 22.7 Å². The molecule has 1 aromatic carbocycles. The van der Waals surface area contributed by atoms with Gasteiger partial charge in [-0.15, -0.1) is 0 Å². The second-order valence-corrected chi connectivity index (χ2v) is 9.48. The van der Waals surface area contributed by atoms with Gasteiger partial charge in [-0.1, -0.05) is 30.0 Å². The summed E-state index contributed by atoms with van der Waals surface area (Å²) in [5.74, 6) is -0.0126. The van der Waals surface area contributed by atoms with Crippen LogP contribution in [-0.4, -0.2) is 40.8 Å². The van der Waals surface area contributed by atoms with Crippen LogP contribution in [0.15, 0.2) is 52.9 Å². The highest BCUT2D eigenvalue weighted by Crippen LogP contribution is 2.59. The Morgan fingerprint density at radius 2 is 2.10 bits per heavy atom. The molecule has 3 heterocycles. The van der Waals surface area contributed by atoms with E-state index in [4.69, 9.17) is 4.74 Å². The average Bonchev–Trinajstić information content (AvgIpc) is 3.10. The molecule has 0 saturated carbocycles. The molecule has 0 aromatic heterocycles. The lowest BCUT2D eigenvalue weighted by Gasteiger charge is -2.50. The van der Waals surface area contributed by atoms with Gasteiger partial charge in [0.1, 0.15) is 33.3 Å². The van der Waals surface area contributed by atoms with E-state index in [1.54, 1.807) is 0 Å². The zero-order chi connectivity index (χ0) is 20.9. The quantitative estimate of drug-likeness (QED) is 0.725. The standard InChI is InChI=1S/C22H23F2N3O2S/c1-14(28)27-22(30-20(26-27)16-12-15(23)6-7-18(16)24)13-21(8-10-25-11-9-21)29-19-5-3-2-4-17(19)22/h2-5,7,12,15,25H,6,8-11,13H2,1H3. The van der Waals surface area contributed by atoms with Crippen molar-refractivity contribution in [2.24, 2.45) is 5.10 Å². The summed E-state index contributed by atoms with van der Waals surface area (Å²) in [6, 6.07) is 7.66. The number of rotatable bonds is 1. The van der Waals surface area contributed by atoms with Crippen molar-refractivity contribution in [2.75, 3.05) is 13.1 Å². The Morgan fingerprint density at radius 1 is 1.33 bits per heavy atom. The smallest absolute Gasteiger partial charge is 0.241 e. The van der Waals surface area contributed by atoms with Crippen LogP contribution >= 0.6 is 11.8 Å². The number of nitrogens with zero attached hydrogens (tertiary/aromatic N) is 2. The number of para-hydroxylation sites is 1. The van der Waals surface area contributed by atoms with E-state index in [0.717, 1.165) is 37.2 Å². The molecule has 0 bridgehead atoms. The van der Waals surface area contributed by atoms with E-state index in [-0.39, 0.29) is 17.9 Å². The van der Waals surface area contributed by atoms with Gasteiger partial charge < -0.3 is 10.1 Å². The van der Waals surface area contributed by atoms with Crippen LogP contribution in [-0.2, 0) is 9.67 Å². The number of ether oxygens (including phenoxy) is 1. The number of hydrogen-bond acceptors (Lipinski definition) is 5. The van der Waals surface area contributed by atoms with E-state index < -0.39 is 22.5 Å². The van der Waals surface area contributed by atoms with Gasteiger partial charge in [0, 0.05) is 30.9 Å². The minimum atomic E-state index is -1.26. The van der Waals surface area contributed by atoms with E-state index in [0.29, 0.717) is 11.5 Å². The third-order valence-electron chi connectivity index (χ3n) is 6.17. The molecule has 1 N–H and O–H groups in total. The molecule has 5 nitrogen and oxygen atoms in total. The molecular weight excluding hydrogens is 408 g/mol. The lowest BCUT2D eigenvalue weighted by Crippen LogP contribution is -2.56. The molecule has 1 saturated heterocycles. The molecule has 5 rings (SSSR count). The molecule has 1 fully saturated rings. The third kappa shape index (κ3) is 3.08. The molecule has 0 radical (unpaired) electrons. The molecule has 3 aliphatic heterocycles. The average molecular weight is 432 g/mol. The van der Waals surface area contributed by atoms with E-state index in [2.05, 4.69) is 10.4 Å². The number of carbonyl (C=O) groups is 1. The van der Waals surface area contributed by atoms with Gasteiger partial charge in [0.2, 0.25) is 5.91 Å². The second-order valence-electron chi connectivity index (χ2n) is 8.21. The molecular formula is C22H23F2N3O2S. The van der Waals surface area contributed by atoms with Crippen molar-refractivity contribution in [3.8, 4) is 5.75 Å². The Kier molecular flexibility index (Phi) is 4.74. The minimum absolute atomic E-state index is 0.0155. The van der Waals surface area contributed by atoms with E-state index in [1.807, 2.05) is 24.3 Å². The number of nitrogens with one attached hydrogen (secondary N) is 1. The first-order valence-corrected chi connectivity index (χ1v) is 11.0. The summed E-state index contributed by atoms with van der Waals surface area (Å²) in [6.45, 7) is 3.10. The first-order chi connectivity index (χ1) is 14.4. The highest BCUT2D eigenvalue weighted by molar-refractivity contribution is 8.15. The Morgan fingerprint density at radius 3 is 2.87 bits per heavy atom. The van der Waals surface area contributed by atoms with Gasteiger partial charge in [0.05, 0.1) is 0 Å². The van der Waals surface area contributed by atoms with Crippen molar-refractivity contribution in [3.63, 3.8) is 0 Å². The predicted octanol–water partition coefficient (Wildman–Crippen LogP) is 4.17. The van der Waals surface area contributed by atoms with Crippen LogP contribution < -0.4 is 10.1 Å². The van der Waals surface area contributed by atoms with Crippen LogP contribution in [0.5, 0.6) is 5.75 Å². The van der Waals surface area contributed by atoms with Gasteiger partial charge >= 0.3 is 0 Å². The van der Waals surface area contributed by atoms with Crippen LogP contribution in [0.3, 0.4) is 0 Å². The monoisotopic (exact) mass is 431 g/mol. The fraction of sp³-hybridized carbons (Fsp3) is 0.455. The number of benzene rings is 1. The topological polar surface area (TPSA) is 53.9 Å². The number of halogens is 2. The lowest BCUT2D eigenvalue weighted by molar-refractivity contribution is -0.135. The van der Waals surface area contributed by atoms with Gasteiger partial charge in [-0.3, -0.25) is 4.79 Å². The van der Waals surface area contributed by atoms with Crippen molar-refractivity contribution in [1.29, 1.82) is 0 Å². The molecule has 8 heteroatoms. The molecule has 158 valence electrons. The van der Waals surface area contributed by atoms with Crippen LogP contribution in [0.1, 0.15) is 38.2 Å². The Balaban J connectivity index is 1.63. The third-order valence-corrected chi connectivity index (χ3v) is 7.53. The zero-order valence-electron chi connectivity index (χ0n) is 16.7. The highest BCUT2D eigenvalue weighted by Gasteiger charge is 2.58. The van der Waals surface area contributed by atoms with Crippen LogP contribution in [0.2, 0.25) is 0 Å². The maximum absolute atomic E-state index is 14.6. The first kappa shape index (κ1) is 19.8. The maximum Gasteiger partial charge on any atom is 0.241 e. The van der Waals surface area contributed by atoms with Gasteiger partial charge in [-0.05, 0) is 44.1 Å². The number of alkyl halides is 1. The largest absolute Gasteiger partial charge is 0.487 e. The second kappa shape index (κ2) is 7.20. The van der Waals surface area contributed by atoms with Gasteiger partial charge in [-0.25, -0.2) is 13.8 Å². The number of carbonyl (C=O) groups excluding carboxylic acids is 1. The summed E-state index contributed by atoms with van der Waals surface area (Å²) < 4.78 is 35.1. The van der Waals surface area contributed by atoms with Gasteiger partial charge in [0.25, 0.3) is 0 Å². The minimum Gasteiger partial charge on any atom is -0.487 e. The number of hydrazone groups is 1. The van der Waals surface area contributed by atoms with E-state index >= 15 is 0 Å². The van der Waals surface area contributed by atoms with Crippen molar-refractivity contribution in [2.45, 2.75) is 49.3 Å². The normalized spacial score (nSPS) is 29.8. The van der Waals surface area contributed by atoms with Crippen molar-refractivity contribution in [3.05, 3.63) is 53.4 Å². The number of fused-ring (bicyclic) bond motifs is 2. The van der Waals surface area contributed by atoms with Gasteiger partial charge in [0.15, 0.2) is 0 Å². The summed E-state index contributed by atoms with van der Waals surface area (Å²) >= 11 is 1.33. The lowest BCUT2D eigenvalue weighted by atomic mass is 9.80. The SMILES string of the molecule is CC(=O)N1N=C(C2=CC(F)CC=C2F)SC12CC1(CCNCC1)Oc1ccccc12. The van der Waals surface area contributed by atoms with Crippen molar-refractivity contribution < 1.29 is 18.3 Å². The molecule has 2 atom stereocenters. The Bertz CT molecular complexity index is 986. The Labute approximate surface area is 178 Å². The molecule has 4 aliphatic rings. The maximum atomic E-state index is 14.6. The number of thioether (sulfide) groups is 1. The molecule has 1 aliphatic carbocycles. The molecule has 1 amide bonds. The number of amides is 1. The fourth-order valence-electron chi connectivity index (χ4n) is 4.78. The van der Waals surface area contributed by atoms with Crippen LogP contribution in [0.25, 0.3) is 0 Å². The Hall–Kier alpha value is -2.19. The number of hydrogen-bond donors (Lipinski definition) is 1. The summed E-state index contributed by atoms with van der Waals surface area (Å²) in [5, 5.41) is 9.67. The number of piperidine rings is 1. The van der Waals surface area contributed by atoms with E-state index in [9.17, 15) is 13.6 Å². The predicted molar refractivity (Wildman–Crippen MR) is 113 cm³/mol. The number of allylic oxidation sites excluding steroid dienone is 3. The molecule has 1 aromatic rings. The summed E-state index contributed by atoms with van der Waals surface area (Å²) in [5.41, 5.74) is 0.527. The zero-order valence-corrected chi connectivity index (χ0v) is 17.5. The summed E-state index contributed by atoms with van der Waals surface area (Å²) in [6.07, 6.45) is 3.41. The fourth-order valence-corrected chi connectivity index (χ4v) is 6.37.